The number of aromatic nitrogens is 2. The zero-order valence-corrected chi connectivity index (χ0v) is 16.6. The van der Waals surface area contributed by atoms with Crippen LogP contribution in [0.15, 0.2) is 12.4 Å². The van der Waals surface area contributed by atoms with Gasteiger partial charge >= 0.3 is 0 Å². The zero-order chi connectivity index (χ0) is 17.0. The molecule has 3 N–H and O–H groups in total. The number of amides is 2. The number of piperidine rings is 1. The van der Waals surface area contributed by atoms with Gasteiger partial charge in [0.15, 0.2) is 0 Å². The molecule has 7 nitrogen and oxygen atoms in total. The van der Waals surface area contributed by atoms with Gasteiger partial charge in [-0.15, -0.1) is 24.8 Å². The van der Waals surface area contributed by atoms with Crippen LogP contribution in [-0.4, -0.2) is 52.2 Å². The summed E-state index contributed by atoms with van der Waals surface area (Å²) in [5, 5.41) is 6.98. The smallest absolute Gasteiger partial charge is 0.242 e. The van der Waals surface area contributed by atoms with E-state index in [0.29, 0.717) is 6.54 Å². The molecule has 144 valence electrons. The summed E-state index contributed by atoms with van der Waals surface area (Å²) < 4.78 is 1.93. The van der Waals surface area contributed by atoms with Gasteiger partial charge in [0.25, 0.3) is 0 Å². The maximum Gasteiger partial charge on any atom is 0.242 e. The van der Waals surface area contributed by atoms with Gasteiger partial charge in [-0.05, 0) is 31.2 Å². The number of nitrogens with zero attached hydrogens (tertiary/aromatic N) is 3. The molecule has 0 aromatic carbocycles. The van der Waals surface area contributed by atoms with E-state index in [0.717, 1.165) is 24.9 Å². The van der Waals surface area contributed by atoms with Crippen LogP contribution in [-0.2, 0) is 9.59 Å². The van der Waals surface area contributed by atoms with Crippen LogP contribution in [0.3, 0.4) is 0 Å². The number of halogens is 2. The lowest BCUT2D eigenvalue weighted by molar-refractivity contribution is -0.134. The van der Waals surface area contributed by atoms with Gasteiger partial charge in [0.1, 0.15) is 0 Å². The van der Waals surface area contributed by atoms with E-state index in [4.69, 9.17) is 5.73 Å². The summed E-state index contributed by atoms with van der Waals surface area (Å²) in [4.78, 5) is 26.0. The topological polar surface area (TPSA) is 93.2 Å². The van der Waals surface area contributed by atoms with Crippen molar-refractivity contribution in [3.8, 4) is 0 Å². The van der Waals surface area contributed by atoms with E-state index < -0.39 is 6.04 Å². The van der Waals surface area contributed by atoms with Gasteiger partial charge in [0.05, 0.1) is 24.8 Å². The van der Waals surface area contributed by atoms with Crippen LogP contribution in [0, 0.1) is 12.8 Å². The summed E-state index contributed by atoms with van der Waals surface area (Å²) in [6.45, 7) is 7.13. The number of aryl methyl sites for hydroxylation is 1. The molecule has 2 atom stereocenters. The molecule has 0 spiro atoms. The second-order valence-electron chi connectivity index (χ2n) is 6.62. The number of hydrogen-bond donors (Lipinski definition) is 2. The summed E-state index contributed by atoms with van der Waals surface area (Å²) in [7, 11) is 0. The average molecular weight is 394 g/mol. The molecule has 9 heteroatoms. The molecule has 2 heterocycles. The number of nitrogens with two attached hydrogens (primary N) is 1. The van der Waals surface area contributed by atoms with E-state index in [1.54, 1.807) is 4.90 Å². The van der Waals surface area contributed by atoms with Crippen LogP contribution < -0.4 is 11.1 Å². The lowest BCUT2D eigenvalue weighted by Gasteiger charge is -2.33. The fraction of sp³-hybridized carbons (Fsp3) is 0.688. The number of hydrogen-bond acceptors (Lipinski definition) is 4. The predicted molar refractivity (Wildman–Crippen MR) is 102 cm³/mol. The van der Waals surface area contributed by atoms with Crippen LogP contribution in [0.4, 0.5) is 0 Å². The standard InChI is InChI=1S/C16H27N5O2.2ClH/c1-11(2)15(17)16(23)18-8-14(22)20-6-4-5-13(10-20)21-9-12(3)7-19-21;;/h7,9,11,13,15H,4-6,8,10,17H2,1-3H3,(H,18,23);2*1H/t13?,15-;;/m0../s1. The molecule has 1 aromatic rings. The Labute approximate surface area is 161 Å². The summed E-state index contributed by atoms with van der Waals surface area (Å²) in [6.07, 6.45) is 5.78. The van der Waals surface area contributed by atoms with Gasteiger partial charge in [-0.3, -0.25) is 14.3 Å². The SMILES string of the molecule is Cc1cnn(C2CCCN(C(=O)CNC(=O)[C@@H](N)C(C)C)C2)c1.Cl.Cl. The Bertz CT molecular complexity index is 564. The molecule has 0 radical (unpaired) electrons. The number of rotatable bonds is 5. The minimum absolute atomic E-state index is 0. The molecule has 1 aliphatic heterocycles. The molecule has 1 fully saturated rings. The summed E-state index contributed by atoms with van der Waals surface area (Å²) in [5.41, 5.74) is 6.89. The molecule has 1 saturated heterocycles. The fourth-order valence-electron chi connectivity index (χ4n) is 2.73. The Morgan fingerprint density at radius 1 is 1.40 bits per heavy atom. The van der Waals surface area contributed by atoms with Crippen molar-refractivity contribution < 1.29 is 9.59 Å². The molecule has 1 aliphatic rings. The van der Waals surface area contributed by atoms with Crippen molar-refractivity contribution in [2.45, 2.75) is 45.7 Å². The maximum absolute atomic E-state index is 12.3. The Hall–Kier alpha value is -1.31. The van der Waals surface area contributed by atoms with Gasteiger partial charge in [0.2, 0.25) is 11.8 Å². The number of nitrogens with one attached hydrogen (secondary N) is 1. The molecule has 0 aliphatic carbocycles. The molecule has 0 bridgehead atoms. The van der Waals surface area contributed by atoms with E-state index >= 15 is 0 Å². The fourth-order valence-corrected chi connectivity index (χ4v) is 2.73. The number of likely N-dealkylation sites (tertiary alicyclic amines) is 1. The van der Waals surface area contributed by atoms with E-state index in [9.17, 15) is 9.59 Å². The third kappa shape index (κ3) is 6.49. The second kappa shape index (κ2) is 10.6. The first-order valence-electron chi connectivity index (χ1n) is 8.20. The zero-order valence-electron chi connectivity index (χ0n) is 15.0. The van der Waals surface area contributed by atoms with Crippen LogP contribution in [0.1, 0.15) is 38.3 Å². The molecule has 1 aromatic heterocycles. The van der Waals surface area contributed by atoms with E-state index in [1.807, 2.05) is 37.8 Å². The predicted octanol–water partition coefficient (Wildman–Crippen LogP) is 1.30. The first kappa shape index (κ1) is 23.7. The van der Waals surface area contributed by atoms with E-state index in [2.05, 4.69) is 10.4 Å². The summed E-state index contributed by atoms with van der Waals surface area (Å²) in [6, 6.07) is -0.376. The van der Waals surface area contributed by atoms with Gasteiger partial charge < -0.3 is 16.0 Å². The molecule has 25 heavy (non-hydrogen) atoms. The lowest BCUT2D eigenvalue weighted by Crippen LogP contribution is -2.49. The van der Waals surface area contributed by atoms with Crippen LogP contribution in [0.25, 0.3) is 0 Å². The molecular formula is C16H29Cl2N5O2. The van der Waals surface area contributed by atoms with Gasteiger partial charge in [0, 0.05) is 19.3 Å². The molecule has 2 amide bonds. The van der Waals surface area contributed by atoms with Crippen molar-refractivity contribution in [3.05, 3.63) is 18.0 Å². The molecule has 1 unspecified atom stereocenters. The van der Waals surface area contributed by atoms with Crippen molar-refractivity contribution in [3.63, 3.8) is 0 Å². The Morgan fingerprint density at radius 3 is 2.64 bits per heavy atom. The van der Waals surface area contributed by atoms with Crippen molar-refractivity contribution in [1.82, 2.24) is 20.0 Å². The third-order valence-electron chi connectivity index (χ3n) is 4.29. The summed E-state index contributed by atoms with van der Waals surface area (Å²) >= 11 is 0. The van der Waals surface area contributed by atoms with Crippen LogP contribution >= 0.6 is 24.8 Å². The van der Waals surface area contributed by atoms with Crippen molar-refractivity contribution >= 4 is 36.6 Å². The van der Waals surface area contributed by atoms with Crippen molar-refractivity contribution in [1.29, 1.82) is 0 Å². The minimum Gasteiger partial charge on any atom is -0.346 e. The Balaban J connectivity index is 0.00000288. The van der Waals surface area contributed by atoms with Gasteiger partial charge in [-0.2, -0.15) is 5.10 Å². The van der Waals surface area contributed by atoms with Gasteiger partial charge in [-0.25, -0.2) is 0 Å². The first-order chi connectivity index (χ1) is 10.9. The first-order valence-corrected chi connectivity index (χ1v) is 8.20. The van der Waals surface area contributed by atoms with Crippen molar-refractivity contribution in [2.75, 3.05) is 19.6 Å². The highest BCUT2D eigenvalue weighted by Crippen LogP contribution is 2.21. The van der Waals surface area contributed by atoms with Crippen LogP contribution in [0.2, 0.25) is 0 Å². The molecular weight excluding hydrogens is 365 g/mol. The summed E-state index contributed by atoms with van der Waals surface area (Å²) in [5.74, 6) is -0.292. The lowest BCUT2D eigenvalue weighted by atomic mass is 10.0. The van der Waals surface area contributed by atoms with Crippen molar-refractivity contribution in [2.24, 2.45) is 11.7 Å². The quantitative estimate of drug-likeness (QED) is 0.787. The van der Waals surface area contributed by atoms with Gasteiger partial charge in [-0.1, -0.05) is 13.8 Å². The third-order valence-corrected chi connectivity index (χ3v) is 4.29. The van der Waals surface area contributed by atoms with E-state index in [1.165, 1.54) is 0 Å². The largest absolute Gasteiger partial charge is 0.346 e. The highest BCUT2D eigenvalue weighted by atomic mass is 35.5. The highest BCUT2D eigenvalue weighted by Gasteiger charge is 2.26. The second-order valence-corrected chi connectivity index (χ2v) is 6.62. The molecule has 2 rings (SSSR count). The monoisotopic (exact) mass is 393 g/mol. The average Bonchev–Trinajstić information content (AvgIpc) is 2.98. The van der Waals surface area contributed by atoms with Crippen LogP contribution in [0.5, 0.6) is 0 Å². The Kier molecular flexibility index (Phi) is 10.1. The maximum atomic E-state index is 12.3. The number of carbonyl (C=O) groups is 2. The molecule has 0 saturated carbocycles. The van der Waals surface area contributed by atoms with E-state index in [-0.39, 0.29) is 55.1 Å². The minimum atomic E-state index is -0.580. The number of carbonyl (C=O) groups excluding carboxylic acids is 2. The normalized spacial score (nSPS) is 18.1. The highest BCUT2D eigenvalue weighted by molar-refractivity contribution is 5.87. The Morgan fingerprint density at radius 2 is 2.08 bits per heavy atom.